The lowest BCUT2D eigenvalue weighted by atomic mass is 9.93. The molecule has 1 heterocycles. The molecule has 1 aliphatic rings. The van der Waals surface area contributed by atoms with E-state index in [0.717, 1.165) is 25.7 Å². The minimum Gasteiger partial charge on any atom is -0.372 e. The lowest BCUT2D eigenvalue weighted by Gasteiger charge is -2.21. The van der Waals surface area contributed by atoms with Gasteiger partial charge in [0, 0.05) is 11.8 Å². The van der Waals surface area contributed by atoms with E-state index in [9.17, 15) is 4.79 Å². The topological polar surface area (TPSA) is 26.3 Å². The Labute approximate surface area is 97.3 Å². The second kappa shape index (κ2) is 5.31. The van der Waals surface area contributed by atoms with Crippen LogP contribution in [0.1, 0.15) is 46.5 Å². The summed E-state index contributed by atoms with van der Waals surface area (Å²) in [5.74, 6) is 0.880. The summed E-state index contributed by atoms with van der Waals surface area (Å²) in [4.78, 5) is 11.4. The van der Waals surface area contributed by atoms with Crippen LogP contribution < -0.4 is 0 Å². The van der Waals surface area contributed by atoms with Gasteiger partial charge in [0.2, 0.25) is 0 Å². The summed E-state index contributed by atoms with van der Waals surface area (Å²) in [6.45, 7) is 5.87. The van der Waals surface area contributed by atoms with E-state index < -0.39 is 0 Å². The molecule has 1 saturated heterocycles. The van der Waals surface area contributed by atoms with Crippen LogP contribution in [0, 0.1) is 5.92 Å². The highest BCUT2D eigenvalue weighted by Gasteiger charge is 2.33. The molecule has 2 unspecified atom stereocenters. The highest BCUT2D eigenvalue weighted by molar-refractivity contribution is 6.18. The van der Waals surface area contributed by atoms with Gasteiger partial charge in [0.1, 0.15) is 5.78 Å². The predicted octanol–water partition coefficient (Wildman–Crippen LogP) is 3.17. The summed E-state index contributed by atoms with van der Waals surface area (Å²) in [6.07, 6.45) is 4.02. The van der Waals surface area contributed by atoms with Gasteiger partial charge in [-0.2, -0.15) is 0 Å². The number of carbonyl (C=O) groups is 1. The van der Waals surface area contributed by atoms with E-state index in [4.69, 9.17) is 16.3 Å². The van der Waals surface area contributed by atoms with Crippen molar-refractivity contribution in [2.75, 3.05) is 5.88 Å². The number of ether oxygens (including phenoxy) is 1. The van der Waals surface area contributed by atoms with Crippen LogP contribution in [-0.4, -0.2) is 23.4 Å². The van der Waals surface area contributed by atoms with Gasteiger partial charge in [-0.1, -0.05) is 0 Å². The Morgan fingerprint density at radius 3 is 2.67 bits per heavy atom. The largest absolute Gasteiger partial charge is 0.372 e. The number of alkyl halides is 1. The fourth-order valence-corrected chi connectivity index (χ4v) is 2.44. The summed E-state index contributed by atoms with van der Waals surface area (Å²) >= 11 is 5.69. The average molecular weight is 233 g/mol. The molecule has 88 valence electrons. The van der Waals surface area contributed by atoms with Crippen LogP contribution >= 0.6 is 11.6 Å². The molecule has 3 heteroatoms. The molecule has 1 rings (SSSR count). The number of Topliss-reactive ketones (excluding diaryl/α,β-unsaturated/α-hetero) is 1. The molecule has 1 fully saturated rings. The van der Waals surface area contributed by atoms with Gasteiger partial charge >= 0.3 is 0 Å². The van der Waals surface area contributed by atoms with Crippen molar-refractivity contribution < 1.29 is 9.53 Å². The van der Waals surface area contributed by atoms with Crippen LogP contribution in [0.5, 0.6) is 0 Å². The molecule has 0 spiro atoms. The van der Waals surface area contributed by atoms with E-state index in [0.29, 0.717) is 5.88 Å². The molecule has 1 aliphatic heterocycles. The minimum atomic E-state index is -0.00697. The first kappa shape index (κ1) is 13.0. The Balaban J connectivity index is 2.42. The van der Waals surface area contributed by atoms with Gasteiger partial charge in [-0.3, -0.25) is 4.79 Å². The van der Waals surface area contributed by atoms with Crippen molar-refractivity contribution in [3.8, 4) is 0 Å². The van der Waals surface area contributed by atoms with Crippen molar-refractivity contribution in [1.29, 1.82) is 0 Å². The minimum absolute atomic E-state index is 0.00697. The summed E-state index contributed by atoms with van der Waals surface area (Å²) < 4.78 is 5.88. The van der Waals surface area contributed by atoms with E-state index in [1.54, 1.807) is 6.92 Å². The summed E-state index contributed by atoms with van der Waals surface area (Å²) in [5.41, 5.74) is -0.00697. The standard InChI is InChI=1S/C12H21ClO2/c1-9(14)10(5-7-13)8-11-4-6-12(2,3)15-11/h10-11H,4-8H2,1-3H3. The molecule has 0 bridgehead atoms. The molecule has 15 heavy (non-hydrogen) atoms. The Morgan fingerprint density at radius 1 is 1.60 bits per heavy atom. The summed E-state index contributed by atoms with van der Waals surface area (Å²) in [7, 11) is 0. The van der Waals surface area contributed by atoms with E-state index in [1.165, 1.54) is 0 Å². The zero-order chi connectivity index (χ0) is 11.5. The lowest BCUT2D eigenvalue weighted by Crippen LogP contribution is -2.24. The van der Waals surface area contributed by atoms with E-state index in [1.807, 2.05) is 0 Å². The van der Waals surface area contributed by atoms with Gasteiger partial charge in [0.25, 0.3) is 0 Å². The van der Waals surface area contributed by atoms with Crippen molar-refractivity contribution in [3.63, 3.8) is 0 Å². The maximum atomic E-state index is 11.4. The fraction of sp³-hybridized carbons (Fsp3) is 0.917. The van der Waals surface area contributed by atoms with Crippen molar-refractivity contribution in [2.45, 2.75) is 58.2 Å². The number of rotatable bonds is 5. The maximum Gasteiger partial charge on any atom is 0.133 e. The molecule has 0 aromatic carbocycles. The third-order valence-electron chi connectivity index (χ3n) is 3.13. The van der Waals surface area contributed by atoms with Crippen LogP contribution in [0.2, 0.25) is 0 Å². The Kier molecular flexibility index (Phi) is 4.60. The van der Waals surface area contributed by atoms with E-state index in [2.05, 4.69) is 13.8 Å². The first-order valence-corrected chi connectivity index (χ1v) is 6.22. The first-order chi connectivity index (χ1) is 6.94. The highest BCUT2D eigenvalue weighted by atomic mass is 35.5. The molecular weight excluding hydrogens is 212 g/mol. The van der Waals surface area contributed by atoms with Crippen molar-refractivity contribution in [2.24, 2.45) is 5.92 Å². The molecular formula is C12H21ClO2. The molecule has 0 saturated carbocycles. The number of halogens is 1. The Hall–Kier alpha value is -0.0800. The smallest absolute Gasteiger partial charge is 0.133 e. The second-order valence-corrected chi connectivity index (χ2v) is 5.44. The van der Waals surface area contributed by atoms with Gasteiger partial charge in [0.15, 0.2) is 0 Å². The molecule has 0 aromatic heterocycles. The highest BCUT2D eigenvalue weighted by Crippen LogP contribution is 2.33. The molecule has 2 atom stereocenters. The van der Waals surface area contributed by atoms with Gasteiger partial charge < -0.3 is 4.74 Å². The molecule has 2 nitrogen and oxygen atoms in total. The van der Waals surface area contributed by atoms with Gasteiger partial charge in [-0.15, -0.1) is 11.6 Å². The zero-order valence-electron chi connectivity index (χ0n) is 9.88. The van der Waals surface area contributed by atoms with Crippen LogP contribution in [0.3, 0.4) is 0 Å². The molecule has 0 amide bonds. The number of ketones is 1. The molecule has 0 N–H and O–H groups in total. The fourth-order valence-electron chi connectivity index (χ4n) is 2.18. The van der Waals surface area contributed by atoms with Crippen molar-refractivity contribution in [1.82, 2.24) is 0 Å². The van der Waals surface area contributed by atoms with Gasteiger partial charge in [-0.05, 0) is 46.5 Å². The number of hydrogen-bond donors (Lipinski definition) is 0. The first-order valence-electron chi connectivity index (χ1n) is 5.69. The third-order valence-corrected chi connectivity index (χ3v) is 3.35. The quantitative estimate of drug-likeness (QED) is 0.681. The number of hydrogen-bond acceptors (Lipinski definition) is 2. The predicted molar refractivity (Wildman–Crippen MR) is 62.3 cm³/mol. The van der Waals surface area contributed by atoms with E-state index >= 15 is 0 Å². The third kappa shape index (κ3) is 4.12. The maximum absolute atomic E-state index is 11.4. The summed E-state index contributed by atoms with van der Waals surface area (Å²) in [5, 5.41) is 0. The van der Waals surface area contributed by atoms with Crippen molar-refractivity contribution >= 4 is 17.4 Å². The Bertz CT molecular complexity index is 226. The summed E-state index contributed by atoms with van der Waals surface area (Å²) in [6, 6.07) is 0. The second-order valence-electron chi connectivity index (χ2n) is 5.06. The van der Waals surface area contributed by atoms with Crippen LogP contribution in [-0.2, 0) is 9.53 Å². The molecule has 0 aromatic rings. The van der Waals surface area contributed by atoms with Crippen molar-refractivity contribution in [3.05, 3.63) is 0 Å². The van der Waals surface area contributed by atoms with Crippen LogP contribution in [0.15, 0.2) is 0 Å². The molecule has 0 radical (unpaired) electrons. The number of carbonyl (C=O) groups excluding carboxylic acids is 1. The van der Waals surface area contributed by atoms with Crippen LogP contribution in [0.4, 0.5) is 0 Å². The monoisotopic (exact) mass is 232 g/mol. The SMILES string of the molecule is CC(=O)C(CCCl)CC1CCC(C)(C)O1. The van der Waals surface area contributed by atoms with Gasteiger partial charge in [0.05, 0.1) is 11.7 Å². The van der Waals surface area contributed by atoms with Gasteiger partial charge in [-0.25, -0.2) is 0 Å². The zero-order valence-corrected chi connectivity index (χ0v) is 10.6. The Morgan fingerprint density at radius 2 is 2.27 bits per heavy atom. The van der Waals surface area contributed by atoms with Crippen LogP contribution in [0.25, 0.3) is 0 Å². The normalized spacial score (nSPS) is 26.5. The average Bonchev–Trinajstić information content (AvgIpc) is 2.44. The lowest BCUT2D eigenvalue weighted by molar-refractivity contribution is -0.122. The molecule has 0 aliphatic carbocycles. The van der Waals surface area contributed by atoms with E-state index in [-0.39, 0.29) is 23.4 Å².